The van der Waals surface area contributed by atoms with E-state index in [4.69, 9.17) is 27.9 Å². The van der Waals surface area contributed by atoms with Crippen molar-refractivity contribution in [1.29, 1.82) is 0 Å². The van der Waals surface area contributed by atoms with Crippen molar-refractivity contribution < 1.29 is 14.3 Å². The summed E-state index contributed by atoms with van der Waals surface area (Å²) in [4.78, 5) is 26.0. The highest BCUT2D eigenvalue weighted by molar-refractivity contribution is 6.44. The Labute approximate surface area is 139 Å². The molecule has 0 saturated carbocycles. The Morgan fingerprint density at radius 2 is 2.23 bits per heavy atom. The van der Waals surface area contributed by atoms with E-state index >= 15 is 0 Å². The van der Waals surface area contributed by atoms with Gasteiger partial charge in [-0.05, 0) is 19.1 Å². The normalized spacial score (nSPS) is 19.4. The van der Waals surface area contributed by atoms with E-state index in [1.54, 1.807) is 30.2 Å². The Bertz CT molecular complexity index is 580. The van der Waals surface area contributed by atoms with Gasteiger partial charge in [-0.1, -0.05) is 29.3 Å². The first-order valence-corrected chi connectivity index (χ1v) is 7.73. The molecule has 2 atom stereocenters. The third-order valence-corrected chi connectivity index (χ3v) is 4.50. The van der Waals surface area contributed by atoms with Crippen LogP contribution in [0.1, 0.15) is 13.3 Å². The number of nitrogens with zero attached hydrogens (tertiary/aromatic N) is 1. The maximum atomic E-state index is 12.3. The molecule has 1 heterocycles. The van der Waals surface area contributed by atoms with Crippen molar-refractivity contribution in [2.75, 3.05) is 25.6 Å². The molecule has 2 rings (SSSR count). The van der Waals surface area contributed by atoms with Crippen LogP contribution >= 0.6 is 23.2 Å². The fraction of sp³-hybridized carbons (Fsp3) is 0.467. The number of halogens is 2. The minimum absolute atomic E-state index is 0.0399. The van der Waals surface area contributed by atoms with Crippen LogP contribution in [0.4, 0.5) is 5.69 Å². The van der Waals surface area contributed by atoms with Crippen LogP contribution in [0.3, 0.4) is 0 Å². The molecule has 0 radical (unpaired) electrons. The summed E-state index contributed by atoms with van der Waals surface area (Å²) < 4.78 is 5.06. The number of hydrogen-bond acceptors (Lipinski definition) is 3. The van der Waals surface area contributed by atoms with E-state index in [0.717, 1.165) is 0 Å². The second-order valence-electron chi connectivity index (χ2n) is 5.34. The lowest BCUT2D eigenvalue weighted by Crippen LogP contribution is -2.38. The average Bonchev–Trinajstić information content (AvgIpc) is 2.86. The Balaban J connectivity index is 2.02. The van der Waals surface area contributed by atoms with Gasteiger partial charge < -0.3 is 15.0 Å². The van der Waals surface area contributed by atoms with E-state index in [1.165, 1.54) is 0 Å². The molecular formula is C15H18Cl2N2O3. The van der Waals surface area contributed by atoms with Crippen molar-refractivity contribution in [1.82, 2.24) is 4.90 Å². The molecule has 7 heteroatoms. The van der Waals surface area contributed by atoms with E-state index < -0.39 is 5.92 Å². The van der Waals surface area contributed by atoms with Gasteiger partial charge in [-0.25, -0.2) is 0 Å². The van der Waals surface area contributed by atoms with Crippen LogP contribution in [0.15, 0.2) is 18.2 Å². The van der Waals surface area contributed by atoms with Gasteiger partial charge in [0.15, 0.2) is 0 Å². The van der Waals surface area contributed by atoms with E-state index in [2.05, 4.69) is 5.32 Å². The Kier molecular flexibility index (Phi) is 5.67. The minimum Gasteiger partial charge on any atom is -0.383 e. The molecule has 5 nitrogen and oxygen atoms in total. The zero-order chi connectivity index (χ0) is 16.3. The van der Waals surface area contributed by atoms with Gasteiger partial charge in [-0.15, -0.1) is 0 Å². The molecular weight excluding hydrogens is 327 g/mol. The monoisotopic (exact) mass is 344 g/mol. The van der Waals surface area contributed by atoms with Crippen molar-refractivity contribution in [2.24, 2.45) is 5.92 Å². The van der Waals surface area contributed by atoms with E-state index in [0.29, 0.717) is 28.9 Å². The van der Waals surface area contributed by atoms with Crippen molar-refractivity contribution in [3.05, 3.63) is 28.2 Å². The van der Waals surface area contributed by atoms with Gasteiger partial charge in [0, 0.05) is 20.1 Å². The van der Waals surface area contributed by atoms with Crippen molar-refractivity contribution in [2.45, 2.75) is 19.4 Å². The van der Waals surface area contributed by atoms with Crippen LogP contribution < -0.4 is 5.32 Å². The summed E-state index contributed by atoms with van der Waals surface area (Å²) in [5, 5.41) is 3.41. The zero-order valence-corrected chi connectivity index (χ0v) is 13.9. The second kappa shape index (κ2) is 7.31. The molecule has 22 heavy (non-hydrogen) atoms. The molecule has 1 fully saturated rings. The van der Waals surface area contributed by atoms with Gasteiger partial charge in [0.25, 0.3) is 0 Å². The smallest absolute Gasteiger partial charge is 0.229 e. The molecule has 120 valence electrons. The van der Waals surface area contributed by atoms with E-state index in [-0.39, 0.29) is 24.3 Å². The Morgan fingerprint density at radius 3 is 2.91 bits per heavy atom. The first-order valence-electron chi connectivity index (χ1n) is 6.97. The highest BCUT2D eigenvalue weighted by Gasteiger charge is 2.36. The van der Waals surface area contributed by atoms with Gasteiger partial charge in [0.2, 0.25) is 11.8 Å². The first kappa shape index (κ1) is 17.1. The number of amides is 2. The van der Waals surface area contributed by atoms with Gasteiger partial charge >= 0.3 is 0 Å². The largest absolute Gasteiger partial charge is 0.383 e. The van der Waals surface area contributed by atoms with E-state index in [1.807, 2.05) is 6.92 Å². The molecule has 0 aromatic heterocycles. The SMILES string of the molecule is COC[C@H](C)N1C[C@@H](C(=O)Nc2cccc(Cl)c2Cl)CC1=O. The second-order valence-corrected chi connectivity index (χ2v) is 6.13. The number of nitrogens with one attached hydrogen (secondary N) is 1. The molecule has 1 aromatic carbocycles. The molecule has 1 aromatic rings. The molecule has 0 spiro atoms. The number of hydrogen-bond donors (Lipinski definition) is 1. The lowest BCUT2D eigenvalue weighted by molar-refractivity contribution is -0.130. The Morgan fingerprint density at radius 1 is 1.50 bits per heavy atom. The fourth-order valence-electron chi connectivity index (χ4n) is 2.50. The van der Waals surface area contributed by atoms with E-state index in [9.17, 15) is 9.59 Å². The van der Waals surface area contributed by atoms with Crippen molar-refractivity contribution in [3.8, 4) is 0 Å². The number of ether oxygens (including phenoxy) is 1. The third kappa shape index (κ3) is 3.72. The summed E-state index contributed by atoms with van der Waals surface area (Å²) in [5.74, 6) is -0.673. The van der Waals surface area contributed by atoms with Crippen LogP contribution in [0.2, 0.25) is 10.0 Å². The molecule has 1 saturated heterocycles. The molecule has 0 unspecified atom stereocenters. The van der Waals surface area contributed by atoms with Crippen LogP contribution in [0.25, 0.3) is 0 Å². The number of benzene rings is 1. The standard InChI is InChI=1S/C15H18Cl2N2O3/c1-9(8-22-2)19-7-10(6-13(19)20)15(21)18-12-5-3-4-11(16)14(12)17/h3-5,9-10H,6-8H2,1-2H3,(H,18,21)/t9-,10-/m0/s1. The summed E-state index contributed by atoms with van der Waals surface area (Å²) in [5.41, 5.74) is 0.454. The van der Waals surface area contributed by atoms with Gasteiger partial charge in [-0.2, -0.15) is 0 Å². The fourth-order valence-corrected chi connectivity index (χ4v) is 2.85. The Hall–Kier alpha value is -1.30. The number of likely N-dealkylation sites (tertiary alicyclic amines) is 1. The topological polar surface area (TPSA) is 58.6 Å². The summed E-state index contributed by atoms with van der Waals surface area (Å²) in [6.45, 7) is 2.73. The van der Waals surface area contributed by atoms with Crippen molar-refractivity contribution in [3.63, 3.8) is 0 Å². The van der Waals surface area contributed by atoms with Gasteiger partial charge in [0.05, 0.1) is 34.3 Å². The molecule has 0 bridgehead atoms. The van der Waals surface area contributed by atoms with Gasteiger partial charge in [0.1, 0.15) is 0 Å². The lowest BCUT2D eigenvalue weighted by Gasteiger charge is -2.23. The first-order chi connectivity index (χ1) is 10.4. The maximum Gasteiger partial charge on any atom is 0.229 e. The molecule has 1 N–H and O–H groups in total. The van der Waals surface area contributed by atoms with Crippen molar-refractivity contribution >= 4 is 40.7 Å². The average molecular weight is 345 g/mol. The number of anilines is 1. The summed E-state index contributed by atoms with van der Waals surface area (Å²) >= 11 is 12.0. The van der Waals surface area contributed by atoms with Crippen LogP contribution in [-0.4, -0.2) is 43.0 Å². The van der Waals surface area contributed by atoms with Crippen LogP contribution in [0.5, 0.6) is 0 Å². The molecule has 0 aliphatic carbocycles. The predicted molar refractivity (Wildman–Crippen MR) is 86.2 cm³/mol. The number of carbonyl (C=O) groups is 2. The minimum atomic E-state index is -0.401. The molecule has 1 aliphatic heterocycles. The summed E-state index contributed by atoms with van der Waals surface area (Å²) in [7, 11) is 1.59. The third-order valence-electron chi connectivity index (χ3n) is 3.68. The summed E-state index contributed by atoms with van der Waals surface area (Å²) in [6, 6.07) is 4.97. The maximum absolute atomic E-state index is 12.3. The molecule has 1 aliphatic rings. The highest BCUT2D eigenvalue weighted by Crippen LogP contribution is 2.30. The highest BCUT2D eigenvalue weighted by atomic mass is 35.5. The van der Waals surface area contributed by atoms with Crippen LogP contribution in [-0.2, 0) is 14.3 Å². The number of methoxy groups -OCH3 is 1. The van der Waals surface area contributed by atoms with Gasteiger partial charge in [-0.3, -0.25) is 9.59 Å². The quantitative estimate of drug-likeness (QED) is 0.893. The molecule has 2 amide bonds. The lowest BCUT2D eigenvalue weighted by atomic mass is 10.1. The zero-order valence-electron chi connectivity index (χ0n) is 12.4. The number of rotatable bonds is 5. The number of carbonyl (C=O) groups excluding carboxylic acids is 2. The predicted octanol–water partition coefficient (Wildman–Crippen LogP) is 2.82. The summed E-state index contributed by atoms with van der Waals surface area (Å²) in [6.07, 6.45) is 0.193. The van der Waals surface area contributed by atoms with Crippen LogP contribution in [0, 0.1) is 5.92 Å².